The van der Waals surface area contributed by atoms with Crippen LogP contribution in [0, 0.1) is 5.92 Å². The van der Waals surface area contributed by atoms with Crippen molar-refractivity contribution in [2.75, 3.05) is 19.6 Å². The van der Waals surface area contributed by atoms with Crippen LogP contribution in [0.25, 0.3) is 0 Å². The Bertz CT molecular complexity index is 458. The lowest BCUT2D eigenvalue weighted by molar-refractivity contribution is 0.0937. The van der Waals surface area contributed by atoms with Crippen molar-refractivity contribution in [3.05, 3.63) is 29.6 Å². The van der Waals surface area contributed by atoms with E-state index in [1.165, 1.54) is 18.3 Å². The maximum absolute atomic E-state index is 11.9. The van der Waals surface area contributed by atoms with Crippen molar-refractivity contribution in [1.29, 1.82) is 0 Å². The van der Waals surface area contributed by atoms with E-state index in [9.17, 15) is 9.59 Å². The number of halogens is 1. The van der Waals surface area contributed by atoms with Gasteiger partial charge < -0.3 is 16.4 Å². The van der Waals surface area contributed by atoms with Gasteiger partial charge in [0.15, 0.2) is 0 Å². The van der Waals surface area contributed by atoms with E-state index in [0.717, 1.165) is 25.9 Å². The Morgan fingerprint density at radius 2 is 2.25 bits per heavy atom. The number of piperidine rings is 1. The Hall–Kier alpha value is -1.66. The van der Waals surface area contributed by atoms with Crippen molar-refractivity contribution in [1.82, 2.24) is 15.6 Å². The Kier molecular flexibility index (Phi) is 6.41. The molecule has 1 aromatic heterocycles. The number of rotatable bonds is 4. The summed E-state index contributed by atoms with van der Waals surface area (Å²) in [7, 11) is 0. The molecule has 1 aromatic rings. The molecule has 110 valence electrons. The van der Waals surface area contributed by atoms with E-state index < -0.39 is 5.91 Å². The van der Waals surface area contributed by atoms with Crippen LogP contribution in [0.3, 0.4) is 0 Å². The van der Waals surface area contributed by atoms with Crippen LogP contribution in [0.5, 0.6) is 0 Å². The first-order chi connectivity index (χ1) is 9.16. The Labute approximate surface area is 123 Å². The van der Waals surface area contributed by atoms with Crippen LogP contribution in [0.1, 0.15) is 33.7 Å². The topological polar surface area (TPSA) is 97.1 Å². The molecule has 0 aliphatic carbocycles. The zero-order chi connectivity index (χ0) is 13.7. The summed E-state index contributed by atoms with van der Waals surface area (Å²) in [6, 6.07) is 3.01. The van der Waals surface area contributed by atoms with E-state index in [1.807, 2.05) is 0 Å². The highest BCUT2D eigenvalue weighted by Gasteiger charge is 2.15. The fourth-order valence-corrected chi connectivity index (χ4v) is 2.10. The van der Waals surface area contributed by atoms with Gasteiger partial charge in [-0.15, -0.1) is 12.4 Å². The summed E-state index contributed by atoms with van der Waals surface area (Å²) in [5.41, 5.74) is 5.71. The summed E-state index contributed by atoms with van der Waals surface area (Å²) in [4.78, 5) is 26.7. The third-order valence-electron chi connectivity index (χ3n) is 3.23. The van der Waals surface area contributed by atoms with E-state index in [1.54, 1.807) is 0 Å². The van der Waals surface area contributed by atoms with Gasteiger partial charge in [0.25, 0.3) is 5.91 Å². The van der Waals surface area contributed by atoms with Gasteiger partial charge in [-0.05, 0) is 44.0 Å². The summed E-state index contributed by atoms with van der Waals surface area (Å²) >= 11 is 0. The van der Waals surface area contributed by atoms with Gasteiger partial charge in [0.2, 0.25) is 5.91 Å². The van der Waals surface area contributed by atoms with Gasteiger partial charge in [-0.25, -0.2) is 0 Å². The van der Waals surface area contributed by atoms with Gasteiger partial charge in [0.1, 0.15) is 5.69 Å². The van der Waals surface area contributed by atoms with Crippen molar-refractivity contribution < 1.29 is 9.59 Å². The molecule has 7 heteroatoms. The minimum Gasteiger partial charge on any atom is -0.366 e. The van der Waals surface area contributed by atoms with E-state index in [0.29, 0.717) is 23.7 Å². The quantitative estimate of drug-likeness (QED) is 0.746. The minimum absolute atomic E-state index is 0. The second-order valence-corrected chi connectivity index (χ2v) is 4.72. The van der Waals surface area contributed by atoms with Crippen molar-refractivity contribution in [3.63, 3.8) is 0 Å². The predicted molar refractivity (Wildman–Crippen MR) is 77.9 cm³/mol. The first kappa shape index (κ1) is 16.4. The van der Waals surface area contributed by atoms with Crippen LogP contribution < -0.4 is 16.4 Å². The summed E-state index contributed by atoms with van der Waals surface area (Å²) in [5.74, 6) is -0.295. The Morgan fingerprint density at radius 3 is 2.80 bits per heavy atom. The molecule has 0 spiro atoms. The maximum Gasteiger partial charge on any atom is 0.269 e. The summed E-state index contributed by atoms with van der Waals surface area (Å²) in [6.45, 7) is 2.64. The fourth-order valence-electron chi connectivity index (χ4n) is 2.10. The normalized spacial score (nSPS) is 17.9. The largest absolute Gasteiger partial charge is 0.366 e. The first-order valence-electron chi connectivity index (χ1n) is 6.41. The zero-order valence-electron chi connectivity index (χ0n) is 11.1. The average molecular weight is 299 g/mol. The second kappa shape index (κ2) is 7.81. The number of primary amides is 1. The van der Waals surface area contributed by atoms with Gasteiger partial charge in [-0.2, -0.15) is 0 Å². The molecular formula is C13H19ClN4O2. The molecule has 1 unspecified atom stereocenters. The molecule has 0 radical (unpaired) electrons. The first-order valence-corrected chi connectivity index (χ1v) is 6.41. The van der Waals surface area contributed by atoms with Crippen molar-refractivity contribution >= 4 is 24.2 Å². The molecule has 2 heterocycles. The second-order valence-electron chi connectivity index (χ2n) is 4.72. The van der Waals surface area contributed by atoms with Gasteiger partial charge in [0.05, 0.1) is 5.56 Å². The predicted octanol–water partition coefficient (Wildman–Crippen LogP) is 0.332. The molecule has 4 N–H and O–H groups in total. The number of pyridine rings is 1. The molecule has 0 bridgehead atoms. The van der Waals surface area contributed by atoms with Crippen molar-refractivity contribution in [3.8, 4) is 0 Å². The van der Waals surface area contributed by atoms with E-state index in [2.05, 4.69) is 15.6 Å². The fraction of sp³-hybridized carbons (Fsp3) is 0.462. The highest BCUT2D eigenvalue weighted by molar-refractivity contribution is 5.95. The number of nitrogens with one attached hydrogen (secondary N) is 2. The monoisotopic (exact) mass is 298 g/mol. The summed E-state index contributed by atoms with van der Waals surface area (Å²) in [5, 5.41) is 6.16. The molecule has 2 amide bonds. The maximum atomic E-state index is 11.9. The lowest BCUT2D eigenvalue weighted by Gasteiger charge is -2.22. The van der Waals surface area contributed by atoms with Gasteiger partial charge in [-0.1, -0.05) is 0 Å². The van der Waals surface area contributed by atoms with E-state index in [-0.39, 0.29) is 18.3 Å². The standard InChI is InChI=1S/C13H18N4O2.ClH/c14-12(18)10-3-4-11(16-8-10)13(19)17-7-9-2-1-5-15-6-9;/h3-4,8-9,15H,1-2,5-7H2,(H2,14,18)(H,17,19);1H. The molecule has 1 fully saturated rings. The van der Waals surface area contributed by atoms with E-state index >= 15 is 0 Å². The van der Waals surface area contributed by atoms with Crippen LogP contribution in [-0.4, -0.2) is 36.4 Å². The number of nitrogens with zero attached hydrogens (tertiary/aromatic N) is 1. The van der Waals surface area contributed by atoms with Crippen LogP contribution in [0.2, 0.25) is 0 Å². The number of nitrogens with two attached hydrogens (primary N) is 1. The molecule has 0 saturated carbocycles. The molecular weight excluding hydrogens is 280 g/mol. The van der Waals surface area contributed by atoms with Crippen LogP contribution in [-0.2, 0) is 0 Å². The summed E-state index contributed by atoms with van der Waals surface area (Å²) < 4.78 is 0. The lowest BCUT2D eigenvalue weighted by atomic mass is 10.00. The van der Waals surface area contributed by atoms with E-state index in [4.69, 9.17) is 5.73 Å². The number of carbonyl (C=O) groups is 2. The molecule has 1 atom stereocenters. The number of carbonyl (C=O) groups excluding carboxylic acids is 2. The highest BCUT2D eigenvalue weighted by atomic mass is 35.5. The lowest BCUT2D eigenvalue weighted by Crippen LogP contribution is -2.38. The molecule has 1 aliphatic rings. The number of hydrogen-bond donors (Lipinski definition) is 3. The van der Waals surface area contributed by atoms with Crippen LogP contribution in [0.4, 0.5) is 0 Å². The van der Waals surface area contributed by atoms with Crippen molar-refractivity contribution in [2.24, 2.45) is 11.7 Å². The molecule has 2 rings (SSSR count). The number of hydrogen-bond acceptors (Lipinski definition) is 4. The molecule has 20 heavy (non-hydrogen) atoms. The van der Waals surface area contributed by atoms with Crippen LogP contribution >= 0.6 is 12.4 Å². The Balaban J connectivity index is 0.00000200. The molecule has 0 aromatic carbocycles. The third kappa shape index (κ3) is 4.47. The minimum atomic E-state index is -0.548. The smallest absolute Gasteiger partial charge is 0.269 e. The number of amides is 2. The Morgan fingerprint density at radius 1 is 1.45 bits per heavy atom. The van der Waals surface area contributed by atoms with Gasteiger partial charge in [0, 0.05) is 12.7 Å². The highest BCUT2D eigenvalue weighted by Crippen LogP contribution is 2.08. The number of aromatic nitrogens is 1. The molecule has 1 saturated heterocycles. The summed E-state index contributed by atoms with van der Waals surface area (Å²) in [6.07, 6.45) is 3.59. The average Bonchev–Trinajstić information content (AvgIpc) is 2.46. The van der Waals surface area contributed by atoms with Crippen molar-refractivity contribution in [2.45, 2.75) is 12.8 Å². The zero-order valence-corrected chi connectivity index (χ0v) is 11.9. The third-order valence-corrected chi connectivity index (χ3v) is 3.23. The van der Waals surface area contributed by atoms with Crippen LogP contribution in [0.15, 0.2) is 18.3 Å². The SMILES string of the molecule is Cl.NC(=O)c1ccc(C(=O)NCC2CCCNC2)nc1. The van der Waals surface area contributed by atoms with Gasteiger partial charge >= 0.3 is 0 Å². The molecule has 1 aliphatic heterocycles. The van der Waals surface area contributed by atoms with Gasteiger partial charge in [-0.3, -0.25) is 14.6 Å². The molecule has 6 nitrogen and oxygen atoms in total.